The fourth-order valence-electron chi connectivity index (χ4n) is 1.97. The van der Waals surface area contributed by atoms with Crippen molar-refractivity contribution in [2.45, 2.75) is 36.8 Å². The predicted octanol–water partition coefficient (Wildman–Crippen LogP) is 4.87. The van der Waals surface area contributed by atoms with Gasteiger partial charge in [-0.15, -0.1) is 10.2 Å². The second kappa shape index (κ2) is 7.96. The molecule has 0 aliphatic heterocycles. The van der Waals surface area contributed by atoms with Gasteiger partial charge in [-0.2, -0.15) is 4.98 Å². The fraction of sp³-hybridized carbons (Fsp3) is 0.333. The Morgan fingerprint density at radius 1 is 1.33 bits per heavy atom. The lowest BCUT2D eigenvalue weighted by molar-refractivity contribution is 0.373. The van der Waals surface area contributed by atoms with E-state index in [9.17, 15) is 0 Å². The molecule has 0 atom stereocenters. The molecule has 0 saturated heterocycles. The Balaban J connectivity index is 1.60. The van der Waals surface area contributed by atoms with Crippen LogP contribution in [-0.4, -0.2) is 20.3 Å². The van der Waals surface area contributed by atoms with Crippen molar-refractivity contribution in [2.24, 2.45) is 0 Å². The van der Waals surface area contributed by atoms with Crippen molar-refractivity contribution in [3.8, 4) is 0 Å². The molecule has 0 amide bonds. The fourth-order valence-corrected chi connectivity index (χ4v) is 3.75. The molecule has 0 fully saturated rings. The molecule has 0 unspecified atom stereocenters. The zero-order chi connectivity index (χ0) is 16.9. The smallest absolute Gasteiger partial charge is 0.226 e. The van der Waals surface area contributed by atoms with Gasteiger partial charge in [0.2, 0.25) is 11.0 Å². The van der Waals surface area contributed by atoms with Crippen LogP contribution >= 0.6 is 34.7 Å². The minimum atomic E-state index is 0.609. The molecule has 1 aromatic carbocycles. The van der Waals surface area contributed by atoms with Gasteiger partial charge in [-0.3, -0.25) is 0 Å². The second-order valence-electron chi connectivity index (χ2n) is 5.05. The average Bonchev–Trinajstić information content (AvgIpc) is 3.20. The molecular weight excluding hydrogens is 366 g/mol. The molecular formula is C15H16ClN5OS2. The van der Waals surface area contributed by atoms with Crippen LogP contribution in [0.1, 0.15) is 30.6 Å². The molecule has 126 valence electrons. The van der Waals surface area contributed by atoms with Gasteiger partial charge in [-0.1, -0.05) is 52.8 Å². The number of aromatic nitrogens is 4. The molecule has 0 aliphatic carbocycles. The summed E-state index contributed by atoms with van der Waals surface area (Å²) in [6.07, 6.45) is 1.80. The highest BCUT2D eigenvalue weighted by atomic mass is 35.5. The molecule has 0 bridgehead atoms. The van der Waals surface area contributed by atoms with Gasteiger partial charge >= 0.3 is 0 Å². The first-order chi connectivity index (χ1) is 11.7. The van der Waals surface area contributed by atoms with Crippen molar-refractivity contribution in [2.75, 3.05) is 5.32 Å². The predicted molar refractivity (Wildman–Crippen MR) is 97.2 cm³/mol. The first-order valence-corrected chi connectivity index (χ1v) is 9.63. The Labute approximate surface area is 153 Å². The van der Waals surface area contributed by atoms with Crippen molar-refractivity contribution < 1.29 is 4.52 Å². The van der Waals surface area contributed by atoms with Crippen molar-refractivity contribution in [3.63, 3.8) is 0 Å². The maximum atomic E-state index is 6.13. The van der Waals surface area contributed by atoms with E-state index < -0.39 is 0 Å². The van der Waals surface area contributed by atoms with Crippen LogP contribution in [0.3, 0.4) is 0 Å². The van der Waals surface area contributed by atoms with E-state index in [-0.39, 0.29) is 0 Å². The van der Waals surface area contributed by atoms with Crippen molar-refractivity contribution >= 4 is 45.5 Å². The molecule has 3 rings (SSSR count). The van der Waals surface area contributed by atoms with Crippen LogP contribution in [0.4, 0.5) is 10.8 Å². The van der Waals surface area contributed by atoms with Gasteiger partial charge in [0.25, 0.3) is 0 Å². The standard InChI is InChI=1S/C15H16ClN5OS2/c1-3-5-13-18-12(21-22-13)8-23-15-20-19-14(24-15)17-11-7-4-6-10(16)9(11)2/h4,6-7H,3,5,8H2,1-2H3,(H,17,19). The van der Waals surface area contributed by atoms with Crippen LogP contribution < -0.4 is 5.32 Å². The third kappa shape index (κ3) is 4.25. The van der Waals surface area contributed by atoms with Gasteiger partial charge < -0.3 is 9.84 Å². The van der Waals surface area contributed by atoms with Gasteiger partial charge in [0.1, 0.15) is 0 Å². The van der Waals surface area contributed by atoms with E-state index in [4.69, 9.17) is 16.1 Å². The number of rotatable bonds is 7. The summed E-state index contributed by atoms with van der Waals surface area (Å²) in [6.45, 7) is 4.04. The van der Waals surface area contributed by atoms with Crippen LogP contribution in [0.25, 0.3) is 0 Å². The number of aryl methyl sites for hydroxylation is 1. The van der Waals surface area contributed by atoms with Crippen LogP contribution in [0, 0.1) is 6.92 Å². The van der Waals surface area contributed by atoms with E-state index >= 15 is 0 Å². The SMILES string of the molecule is CCCc1nc(CSc2nnc(Nc3cccc(Cl)c3C)s2)no1. The molecule has 0 radical (unpaired) electrons. The van der Waals surface area contributed by atoms with E-state index in [1.165, 1.54) is 23.1 Å². The number of nitrogens with one attached hydrogen (secondary N) is 1. The average molecular weight is 382 g/mol. The van der Waals surface area contributed by atoms with Crippen molar-refractivity contribution in [1.29, 1.82) is 0 Å². The Hall–Kier alpha value is -1.64. The number of nitrogens with zero attached hydrogens (tertiary/aromatic N) is 4. The van der Waals surface area contributed by atoms with E-state index in [0.29, 0.717) is 17.5 Å². The summed E-state index contributed by atoms with van der Waals surface area (Å²) in [7, 11) is 0. The largest absolute Gasteiger partial charge is 0.339 e. The number of hydrogen-bond donors (Lipinski definition) is 1. The first-order valence-electron chi connectivity index (χ1n) is 7.45. The summed E-state index contributed by atoms with van der Waals surface area (Å²) >= 11 is 9.14. The first kappa shape index (κ1) is 17.2. The maximum absolute atomic E-state index is 6.13. The zero-order valence-electron chi connectivity index (χ0n) is 13.2. The summed E-state index contributed by atoms with van der Waals surface area (Å²) in [4.78, 5) is 4.34. The number of hydrogen-bond acceptors (Lipinski definition) is 8. The third-order valence-electron chi connectivity index (χ3n) is 3.21. The second-order valence-corrected chi connectivity index (χ2v) is 7.66. The summed E-state index contributed by atoms with van der Waals surface area (Å²) in [5.74, 6) is 1.97. The topological polar surface area (TPSA) is 76.7 Å². The summed E-state index contributed by atoms with van der Waals surface area (Å²) in [5.41, 5.74) is 1.91. The van der Waals surface area contributed by atoms with Crippen LogP contribution in [-0.2, 0) is 12.2 Å². The summed E-state index contributed by atoms with van der Waals surface area (Å²) in [5, 5.41) is 17.0. The monoisotopic (exact) mass is 381 g/mol. The van der Waals surface area contributed by atoms with Gasteiger partial charge in [-0.05, 0) is 31.0 Å². The van der Waals surface area contributed by atoms with Crippen molar-refractivity contribution in [3.05, 3.63) is 40.5 Å². The number of halogens is 1. The maximum Gasteiger partial charge on any atom is 0.226 e. The Morgan fingerprint density at radius 2 is 2.21 bits per heavy atom. The molecule has 2 aromatic heterocycles. The number of thioether (sulfide) groups is 1. The highest BCUT2D eigenvalue weighted by Gasteiger charge is 2.10. The molecule has 2 heterocycles. The van der Waals surface area contributed by atoms with E-state index in [2.05, 4.69) is 32.6 Å². The Morgan fingerprint density at radius 3 is 3.04 bits per heavy atom. The van der Waals surface area contributed by atoms with E-state index in [1.54, 1.807) is 0 Å². The van der Waals surface area contributed by atoms with Gasteiger partial charge in [0, 0.05) is 17.1 Å². The molecule has 0 spiro atoms. The lowest BCUT2D eigenvalue weighted by atomic mass is 10.2. The normalized spacial score (nSPS) is 11.0. The van der Waals surface area contributed by atoms with Gasteiger partial charge in [0.05, 0.1) is 5.75 Å². The van der Waals surface area contributed by atoms with Crippen LogP contribution in [0.15, 0.2) is 27.1 Å². The minimum Gasteiger partial charge on any atom is -0.339 e. The molecule has 24 heavy (non-hydrogen) atoms. The molecule has 1 N–H and O–H groups in total. The molecule has 9 heteroatoms. The summed E-state index contributed by atoms with van der Waals surface area (Å²) < 4.78 is 6.02. The lowest BCUT2D eigenvalue weighted by Crippen LogP contribution is -1.92. The third-order valence-corrected chi connectivity index (χ3v) is 5.59. The van der Waals surface area contributed by atoms with E-state index in [0.717, 1.165) is 38.6 Å². The Bertz CT molecular complexity index is 820. The minimum absolute atomic E-state index is 0.609. The zero-order valence-corrected chi connectivity index (χ0v) is 15.6. The number of benzene rings is 1. The van der Waals surface area contributed by atoms with E-state index in [1.807, 2.05) is 25.1 Å². The molecule has 0 aliphatic rings. The number of anilines is 2. The van der Waals surface area contributed by atoms with Crippen molar-refractivity contribution in [1.82, 2.24) is 20.3 Å². The lowest BCUT2D eigenvalue weighted by Gasteiger charge is -2.06. The molecule has 0 saturated carbocycles. The highest BCUT2D eigenvalue weighted by molar-refractivity contribution is 8.00. The summed E-state index contributed by atoms with van der Waals surface area (Å²) in [6, 6.07) is 5.73. The quantitative estimate of drug-likeness (QED) is 0.585. The Kier molecular flexibility index (Phi) is 5.70. The molecule has 6 nitrogen and oxygen atoms in total. The van der Waals surface area contributed by atoms with Gasteiger partial charge in [-0.25, -0.2) is 0 Å². The highest BCUT2D eigenvalue weighted by Crippen LogP contribution is 2.31. The van der Waals surface area contributed by atoms with Crippen LogP contribution in [0.5, 0.6) is 0 Å². The molecule has 3 aromatic rings. The van der Waals surface area contributed by atoms with Crippen LogP contribution in [0.2, 0.25) is 5.02 Å². The van der Waals surface area contributed by atoms with Gasteiger partial charge in [0.15, 0.2) is 10.2 Å².